The van der Waals surface area contributed by atoms with Gasteiger partial charge in [-0.3, -0.25) is 0 Å². The fourth-order valence-corrected chi connectivity index (χ4v) is 8.02. The normalized spacial score (nSPS) is 12.6. The van der Waals surface area contributed by atoms with Crippen molar-refractivity contribution in [1.29, 1.82) is 0 Å². The zero-order chi connectivity index (χ0) is 39.4. The van der Waals surface area contributed by atoms with Crippen molar-refractivity contribution in [2.75, 3.05) is 28.4 Å². The molecule has 286 valence electrons. The van der Waals surface area contributed by atoms with Crippen LogP contribution in [0, 0.1) is 6.92 Å². The van der Waals surface area contributed by atoms with Gasteiger partial charge in [0, 0.05) is 33.0 Å². The Labute approximate surface area is 317 Å². The molecule has 0 radical (unpaired) electrons. The van der Waals surface area contributed by atoms with Crippen LogP contribution < -0.4 is 23.5 Å². The van der Waals surface area contributed by atoms with E-state index in [4.69, 9.17) is 31.9 Å². The maximum absolute atomic E-state index is 7.26. The van der Waals surface area contributed by atoms with Crippen LogP contribution in [-0.2, 0) is 21.7 Å². The molecule has 0 N–H and O–H groups in total. The smallest absolute Gasteiger partial charge is 0.453 e. The van der Waals surface area contributed by atoms with E-state index in [1.165, 1.54) is 5.56 Å². The molecule has 5 aromatic rings. The van der Waals surface area contributed by atoms with E-state index < -0.39 is 8.24 Å². The summed E-state index contributed by atoms with van der Waals surface area (Å²) in [6.45, 7) is 28.4. The largest absolute Gasteiger partial charge is 0.497 e. The number of methoxy groups -OCH3 is 4. The molecule has 1 heterocycles. The van der Waals surface area contributed by atoms with Gasteiger partial charge in [0.25, 0.3) is 0 Å². The van der Waals surface area contributed by atoms with Crippen molar-refractivity contribution < 1.29 is 31.9 Å². The molecule has 0 saturated heterocycles. The van der Waals surface area contributed by atoms with Gasteiger partial charge in [-0.15, -0.1) is 0 Å². The minimum absolute atomic E-state index is 0.139. The lowest BCUT2D eigenvalue weighted by atomic mass is 9.79. The Kier molecular flexibility index (Phi) is 10.7. The second-order valence-electron chi connectivity index (χ2n) is 18.0. The van der Waals surface area contributed by atoms with E-state index in [0.29, 0.717) is 16.9 Å². The standard InChI is InChI=1S/C45H59O7P/c1-26-31(18-27(46-14)22-35(26)42(2,3)4)32-19-28(47-15)23-36(43(5,6)7)39(32)50-53-51-40-33(20-29(48-16)24-37(40)44(8,9)10)34-21-30(49-17)25-38(41(34)52-53)45(11,12)13/h18-25H,1-17H3. The highest BCUT2D eigenvalue weighted by Crippen LogP contribution is 2.51. The van der Waals surface area contributed by atoms with Gasteiger partial charge in [0.15, 0.2) is 0 Å². The van der Waals surface area contributed by atoms with Gasteiger partial charge in [-0.1, -0.05) is 83.1 Å². The Hall–Kier alpha value is -4.22. The van der Waals surface area contributed by atoms with Crippen LogP contribution in [0.15, 0.2) is 56.9 Å². The zero-order valence-electron chi connectivity index (χ0n) is 34.9. The molecule has 0 spiro atoms. The lowest BCUT2D eigenvalue weighted by Crippen LogP contribution is -2.15. The molecule has 7 nitrogen and oxygen atoms in total. The first-order chi connectivity index (χ1) is 24.5. The summed E-state index contributed by atoms with van der Waals surface area (Å²) in [5.74, 6) is 3.62. The van der Waals surface area contributed by atoms with Crippen molar-refractivity contribution in [3.63, 3.8) is 0 Å². The molecule has 0 fully saturated rings. The summed E-state index contributed by atoms with van der Waals surface area (Å²) in [5.41, 5.74) is 7.36. The van der Waals surface area contributed by atoms with Gasteiger partial charge in [0.1, 0.15) is 39.9 Å². The van der Waals surface area contributed by atoms with Crippen LogP contribution in [0.2, 0.25) is 0 Å². The SMILES string of the molecule is COc1cc(-c2cc(OC)cc(C(C)(C)C)c2Op2oc3c(C(C)(C)C)cc(OC)cc3c3cc(OC)cc(C(C)(C)C)c3o2)c(C)c(C(C)(C)C)c1. The fraction of sp³-hybridized carbons (Fsp3) is 0.467. The summed E-state index contributed by atoms with van der Waals surface area (Å²) >= 11 is 0. The van der Waals surface area contributed by atoms with Gasteiger partial charge < -0.3 is 31.9 Å². The molecule has 1 aromatic heterocycles. The maximum atomic E-state index is 7.26. The third-order valence-corrected chi connectivity index (χ3v) is 10.8. The van der Waals surface area contributed by atoms with Gasteiger partial charge >= 0.3 is 8.24 Å². The van der Waals surface area contributed by atoms with Crippen LogP contribution in [0.25, 0.3) is 33.1 Å². The van der Waals surface area contributed by atoms with Crippen molar-refractivity contribution in [3.8, 4) is 39.9 Å². The van der Waals surface area contributed by atoms with Crippen LogP contribution >= 0.6 is 8.24 Å². The molecule has 0 atom stereocenters. The molecule has 0 bridgehead atoms. The summed E-state index contributed by atoms with van der Waals surface area (Å²) in [4.78, 5) is 0. The average Bonchev–Trinajstić information content (AvgIpc) is 3.21. The van der Waals surface area contributed by atoms with Crippen molar-refractivity contribution in [1.82, 2.24) is 0 Å². The number of rotatable bonds is 7. The van der Waals surface area contributed by atoms with Crippen molar-refractivity contribution in [2.24, 2.45) is 0 Å². The molecule has 0 saturated carbocycles. The average molecular weight is 743 g/mol. The van der Waals surface area contributed by atoms with Crippen molar-refractivity contribution in [2.45, 2.75) is 112 Å². The number of benzene rings is 4. The van der Waals surface area contributed by atoms with Crippen LogP contribution in [0.3, 0.4) is 0 Å². The molecular formula is C45H59O7P. The Morgan fingerprint density at radius 1 is 0.434 bits per heavy atom. The van der Waals surface area contributed by atoms with E-state index in [1.807, 2.05) is 18.2 Å². The van der Waals surface area contributed by atoms with E-state index in [-0.39, 0.29) is 21.7 Å². The molecular weight excluding hydrogens is 683 g/mol. The Morgan fingerprint density at radius 3 is 1.15 bits per heavy atom. The van der Waals surface area contributed by atoms with Crippen LogP contribution in [0.5, 0.6) is 28.7 Å². The monoisotopic (exact) mass is 742 g/mol. The fourth-order valence-electron chi connectivity index (χ4n) is 6.87. The van der Waals surface area contributed by atoms with E-state index in [0.717, 1.165) is 67.2 Å². The molecule has 0 aliphatic carbocycles. The Morgan fingerprint density at radius 2 is 0.774 bits per heavy atom. The van der Waals surface area contributed by atoms with Gasteiger partial charge in [-0.25, -0.2) is 0 Å². The highest BCUT2D eigenvalue weighted by molar-refractivity contribution is 7.32. The van der Waals surface area contributed by atoms with Gasteiger partial charge in [-0.2, -0.15) is 0 Å². The minimum Gasteiger partial charge on any atom is -0.497 e. The first-order valence-electron chi connectivity index (χ1n) is 18.2. The van der Waals surface area contributed by atoms with Crippen molar-refractivity contribution in [3.05, 3.63) is 76.3 Å². The van der Waals surface area contributed by atoms with Gasteiger partial charge in [0.05, 0.1) is 28.4 Å². The second-order valence-corrected chi connectivity index (χ2v) is 19.0. The first-order valence-corrected chi connectivity index (χ1v) is 19.3. The Balaban J connectivity index is 2.01. The predicted molar refractivity (Wildman–Crippen MR) is 220 cm³/mol. The number of ether oxygens (including phenoxy) is 4. The Bertz CT molecular complexity index is 2120. The summed E-state index contributed by atoms with van der Waals surface area (Å²) in [5, 5.41) is 1.71. The third kappa shape index (κ3) is 8.01. The summed E-state index contributed by atoms with van der Waals surface area (Å²) in [6, 6.07) is 16.5. The first kappa shape index (κ1) is 40.0. The summed E-state index contributed by atoms with van der Waals surface area (Å²) in [7, 11) is 4.70. The molecule has 5 rings (SSSR count). The van der Waals surface area contributed by atoms with Gasteiger partial charge in [-0.05, 0) is 93.8 Å². The quantitative estimate of drug-likeness (QED) is 0.164. The lowest BCUT2D eigenvalue weighted by molar-refractivity contribution is 0.409. The van der Waals surface area contributed by atoms with Crippen molar-refractivity contribution >= 4 is 30.2 Å². The van der Waals surface area contributed by atoms with Crippen LogP contribution in [0.4, 0.5) is 0 Å². The lowest BCUT2D eigenvalue weighted by Gasteiger charge is -2.28. The van der Waals surface area contributed by atoms with E-state index in [9.17, 15) is 0 Å². The topological polar surface area (TPSA) is 72.4 Å². The van der Waals surface area contributed by atoms with E-state index >= 15 is 0 Å². The third-order valence-electron chi connectivity index (χ3n) is 9.82. The highest BCUT2D eigenvalue weighted by atomic mass is 31.1. The maximum Gasteiger partial charge on any atom is 0.453 e. The van der Waals surface area contributed by atoms with E-state index in [1.54, 1.807) is 28.4 Å². The molecule has 4 aromatic carbocycles. The van der Waals surface area contributed by atoms with Gasteiger partial charge in [0.2, 0.25) is 0 Å². The zero-order valence-corrected chi connectivity index (χ0v) is 35.8. The molecule has 8 heteroatoms. The molecule has 0 amide bonds. The van der Waals surface area contributed by atoms with E-state index in [2.05, 4.69) is 120 Å². The summed E-state index contributed by atoms with van der Waals surface area (Å²) in [6.07, 6.45) is 0. The second kappa shape index (κ2) is 14.2. The summed E-state index contributed by atoms with van der Waals surface area (Å²) < 4.78 is 45.0. The minimum atomic E-state index is -2.09. The van der Waals surface area contributed by atoms with Crippen LogP contribution in [0.1, 0.15) is 111 Å². The van der Waals surface area contributed by atoms with Crippen LogP contribution in [-0.4, -0.2) is 28.4 Å². The molecule has 0 aliphatic rings. The number of fused-ring (bicyclic) bond motifs is 3. The molecule has 0 unspecified atom stereocenters. The molecule has 0 aliphatic heterocycles. The highest BCUT2D eigenvalue weighted by Gasteiger charge is 2.30. The number of hydrogen-bond donors (Lipinski definition) is 0. The predicted octanol–water partition coefficient (Wildman–Crippen LogP) is 13.3. The number of hydrogen-bond acceptors (Lipinski definition) is 7. The molecule has 53 heavy (non-hydrogen) atoms.